The van der Waals surface area contributed by atoms with Gasteiger partial charge < -0.3 is 9.52 Å². The summed E-state index contributed by atoms with van der Waals surface area (Å²) in [5.74, 6) is -1.80. The number of aryl methyl sites for hydroxylation is 1. The number of fused-ring (bicyclic) bond motifs is 1. The minimum Gasteiger partial charge on any atom is -0.455 e. The second-order valence-electron chi connectivity index (χ2n) is 8.23. The van der Waals surface area contributed by atoms with E-state index in [0.29, 0.717) is 11.1 Å². The highest BCUT2D eigenvalue weighted by Crippen LogP contribution is 2.37. The van der Waals surface area contributed by atoms with Gasteiger partial charge in [-0.1, -0.05) is 18.2 Å². The Kier molecular flexibility index (Phi) is 6.26. The van der Waals surface area contributed by atoms with Crippen molar-refractivity contribution in [2.24, 2.45) is 0 Å². The molecule has 1 atom stereocenters. The van der Waals surface area contributed by atoms with Gasteiger partial charge in [-0.3, -0.25) is 4.68 Å². The maximum absolute atomic E-state index is 13.2. The molecule has 0 spiro atoms. The number of halogens is 6. The third kappa shape index (κ3) is 5.23. The first-order valence-electron chi connectivity index (χ1n) is 10.2. The maximum Gasteiger partial charge on any atom is 0.450 e. The third-order valence-electron chi connectivity index (χ3n) is 5.51. The summed E-state index contributed by atoms with van der Waals surface area (Å²) in [6.07, 6.45) is -8.21. The molecule has 1 aromatic carbocycles. The van der Waals surface area contributed by atoms with E-state index < -0.39 is 51.4 Å². The summed E-state index contributed by atoms with van der Waals surface area (Å²) in [6.45, 7) is 0.352. The van der Waals surface area contributed by atoms with Crippen LogP contribution in [0.4, 0.5) is 26.3 Å². The van der Waals surface area contributed by atoms with Crippen molar-refractivity contribution in [1.29, 1.82) is 0 Å². The van der Waals surface area contributed by atoms with E-state index in [4.69, 9.17) is 0 Å². The van der Waals surface area contributed by atoms with Gasteiger partial charge in [0.2, 0.25) is 15.8 Å². The Bertz CT molecular complexity index is 1360. The molecule has 0 aliphatic heterocycles. The first-order valence-corrected chi connectivity index (χ1v) is 11.7. The van der Waals surface area contributed by atoms with Crippen LogP contribution in [0.5, 0.6) is 0 Å². The number of sulfonamides is 1. The van der Waals surface area contributed by atoms with E-state index in [1.807, 2.05) is 0 Å². The Morgan fingerprint density at radius 3 is 2.40 bits per heavy atom. The molecule has 0 unspecified atom stereocenters. The molecule has 0 saturated heterocycles. The van der Waals surface area contributed by atoms with Crippen molar-refractivity contribution in [1.82, 2.24) is 14.5 Å². The molecule has 2 N–H and O–H groups in total. The number of hydrogen-bond donors (Lipinski definition) is 2. The first-order chi connectivity index (χ1) is 16.2. The van der Waals surface area contributed by atoms with Gasteiger partial charge in [-0.15, -0.1) is 0 Å². The molecule has 3 aromatic rings. The van der Waals surface area contributed by atoms with Gasteiger partial charge in [0, 0.05) is 23.9 Å². The molecule has 2 heterocycles. The Hall–Kier alpha value is -2.84. The predicted octanol–water partition coefficient (Wildman–Crippen LogP) is 3.81. The average Bonchev–Trinajstić information content (AvgIpc) is 3.42. The monoisotopic (exact) mass is 523 g/mol. The number of aliphatic hydroxyl groups is 1. The van der Waals surface area contributed by atoms with Crippen LogP contribution in [0.15, 0.2) is 39.8 Å². The lowest BCUT2D eigenvalue weighted by atomic mass is 10.1. The second-order valence-corrected chi connectivity index (χ2v) is 9.92. The van der Waals surface area contributed by atoms with Gasteiger partial charge in [0.1, 0.15) is 10.7 Å². The molecule has 14 heteroatoms. The number of furan rings is 1. The number of nitrogens with zero attached hydrogens (tertiary/aromatic N) is 2. The molecule has 0 radical (unpaired) electrons. The zero-order chi connectivity index (χ0) is 25.8. The van der Waals surface area contributed by atoms with Crippen molar-refractivity contribution in [2.75, 3.05) is 0 Å². The molecule has 35 heavy (non-hydrogen) atoms. The molecule has 0 saturated carbocycles. The van der Waals surface area contributed by atoms with Crippen LogP contribution >= 0.6 is 0 Å². The predicted molar refractivity (Wildman–Crippen MR) is 109 cm³/mol. The molecule has 190 valence electrons. The number of alkyl halides is 6. The Morgan fingerprint density at radius 1 is 1.11 bits per heavy atom. The smallest absolute Gasteiger partial charge is 0.450 e. The van der Waals surface area contributed by atoms with E-state index >= 15 is 0 Å². The number of aromatic nitrogens is 2. The van der Waals surface area contributed by atoms with Crippen molar-refractivity contribution in [3.05, 3.63) is 69.9 Å². The minimum absolute atomic E-state index is 0.0318. The zero-order valence-electron chi connectivity index (χ0n) is 18.0. The van der Waals surface area contributed by atoms with E-state index in [1.165, 1.54) is 6.92 Å². The van der Waals surface area contributed by atoms with Gasteiger partial charge in [0.25, 0.3) is 0 Å². The standard InChI is InChI=1S/C21H19F6N3O4S/c1-11-4-17(19(34-11)21(25,26)27)35(32,33)29-16-6-13-3-2-12(5-14(13)7-16)8-30-9-15(10-31)18(28-30)20(22,23)24/h2-5,9,16,29,31H,6-8,10H2,1H3/t16-/m1/s1. The van der Waals surface area contributed by atoms with Crippen molar-refractivity contribution in [2.45, 2.75) is 56.2 Å². The molecule has 4 rings (SSSR count). The van der Waals surface area contributed by atoms with Gasteiger partial charge >= 0.3 is 12.4 Å². The van der Waals surface area contributed by atoms with Crippen molar-refractivity contribution in [3.8, 4) is 0 Å². The average molecular weight is 523 g/mol. The van der Waals surface area contributed by atoms with Crippen LogP contribution in [0.3, 0.4) is 0 Å². The van der Waals surface area contributed by atoms with Crippen LogP contribution in [0.1, 0.15) is 39.5 Å². The topological polar surface area (TPSA) is 97.4 Å². The summed E-state index contributed by atoms with van der Waals surface area (Å²) in [7, 11) is -4.54. The van der Waals surface area contributed by atoms with Crippen molar-refractivity contribution >= 4 is 10.0 Å². The lowest BCUT2D eigenvalue weighted by Gasteiger charge is -2.13. The largest absolute Gasteiger partial charge is 0.455 e. The van der Waals surface area contributed by atoms with Crippen LogP contribution in [-0.4, -0.2) is 29.3 Å². The van der Waals surface area contributed by atoms with E-state index in [2.05, 4.69) is 14.2 Å². The highest BCUT2D eigenvalue weighted by atomic mass is 32.2. The molecule has 2 aromatic heterocycles. The van der Waals surface area contributed by atoms with Crippen LogP contribution in [0.25, 0.3) is 0 Å². The van der Waals surface area contributed by atoms with Gasteiger partial charge in [0.05, 0.1) is 13.2 Å². The quantitative estimate of drug-likeness (QED) is 0.479. The summed E-state index contributed by atoms with van der Waals surface area (Å²) in [5, 5.41) is 12.7. The van der Waals surface area contributed by atoms with Crippen molar-refractivity contribution in [3.63, 3.8) is 0 Å². The van der Waals surface area contributed by atoms with E-state index in [9.17, 15) is 39.9 Å². The Morgan fingerprint density at radius 2 is 1.80 bits per heavy atom. The molecule has 0 bridgehead atoms. The Labute approximate surface area is 195 Å². The summed E-state index contributed by atoms with van der Waals surface area (Å²) in [4.78, 5) is -0.988. The molecule has 7 nitrogen and oxygen atoms in total. The molecule has 1 aliphatic rings. The lowest BCUT2D eigenvalue weighted by Crippen LogP contribution is -2.36. The van der Waals surface area contributed by atoms with Gasteiger partial charge in [0.15, 0.2) is 5.69 Å². The maximum atomic E-state index is 13.2. The van der Waals surface area contributed by atoms with E-state index in [0.717, 1.165) is 22.5 Å². The molecule has 1 aliphatic carbocycles. The number of hydrogen-bond acceptors (Lipinski definition) is 5. The molecular formula is C21H19F6N3O4S. The SMILES string of the molecule is Cc1cc(S(=O)(=O)N[C@@H]2Cc3ccc(Cn4cc(CO)c(C(F)(F)F)n4)cc3C2)c(C(F)(F)F)o1. The summed E-state index contributed by atoms with van der Waals surface area (Å²) in [6, 6.07) is 5.10. The fourth-order valence-corrected chi connectivity index (χ4v) is 5.56. The molecule has 0 fully saturated rings. The van der Waals surface area contributed by atoms with Crippen LogP contribution in [-0.2, 0) is 48.4 Å². The zero-order valence-corrected chi connectivity index (χ0v) is 18.9. The van der Waals surface area contributed by atoms with Crippen LogP contribution in [0, 0.1) is 6.92 Å². The molecule has 0 amide bonds. The number of rotatable bonds is 6. The molecular weight excluding hydrogens is 504 g/mol. The van der Waals surface area contributed by atoms with E-state index in [-0.39, 0.29) is 30.7 Å². The van der Waals surface area contributed by atoms with E-state index in [1.54, 1.807) is 18.2 Å². The van der Waals surface area contributed by atoms with Gasteiger partial charge in [-0.25, -0.2) is 13.1 Å². The highest BCUT2D eigenvalue weighted by Gasteiger charge is 2.43. The fourth-order valence-electron chi connectivity index (χ4n) is 4.11. The van der Waals surface area contributed by atoms with Crippen LogP contribution < -0.4 is 4.72 Å². The highest BCUT2D eigenvalue weighted by molar-refractivity contribution is 7.89. The second kappa shape index (κ2) is 8.68. The lowest BCUT2D eigenvalue weighted by molar-refractivity contribution is -0.156. The van der Waals surface area contributed by atoms with Gasteiger partial charge in [-0.05, 0) is 36.5 Å². The number of aliphatic hydroxyl groups excluding tert-OH is 1. The number of nitrogens with one attached hydrogen (secondary N) is 1. The normalized spacial score (nSPS) is 16.6. The Balaban J connectivity index is 1.50. The summed E-state index contributed by atoms with van der Waals surface area (Å²) < 4.78 is 112. The summed E-state index contributed by atoms with van der Waals surface area (Å²) in [5.41, 5.74) is 0.510. The summed E-state index contributed by atoms with van der Waals surface area (Å²) >= 11 is 0. The number of benzene rings is 1. The minimum atomic E-state index is -4.99. The third-order valence-corrected chi connectivity index (χ3v) is 7.04. The van der Waals surface area contributed by atoms with Crippen LogP contribution in [0.2, 0.25) is 0 Å². The first kappa shape index (κ1) is 25.3. The van der Waals surface area contributed by atoms with Crippen molar-refractivity contribution < 1.29 is 44.3 Å². The van der Waals surface area contributed by atoms with Gasteiger partial charge in [-0.2, -0.15) is 31.4 Å². The fraction of sp³-hybridized carbons (Fsp3) is 0.381.